The van der Waals surface area contributed by atoms with Crippen molar-refractivity contribution in [1.29, 1.82) is 0 Å². The van der Waals surface area contributed by atoms with Crippen LogP contribution in [0.2, 0.25) is 0 Å². The van der Waals surface area contributed by atoms with Gasteiger partial charge in [0.1, 0.15) is 23.8 Å². The lowest BCUT2D eigenvalue weighted by Crippen LogP contribution is -2.18. The second-order valence-electron chi connectivity index (χ2n) is 7.37. The molecule has 10 heteroatoms. The number of para-hydroxylation sites is 1. The summed E-state index contributed by atoms with van der Waals surface area (Å²) in [5, 5.41) is 0.955. The molecule has 0 spiro atoms. The first kappa shape index (κ1) is 22.0. The Labute approximate surface area is 186 Å². The first-order valence-electron chi connectivity index (χ1n) is 10.5. The van der Waals surface area contributed by atoms with Gasteiger partial charge >= 0.3 is 0 Å². The summed E-state index contributed by atoms with van der Waals surface area (Å²) in [6.45, 7) is 3.43. The Bertz CT molecular complexity index is 1320. The van der Waals surface area contributed by atoms with Crippen LogP contribution in [0.1, 0.15) is 25.6 Å². The fourth-order valence-electron chi connectivity index (χ4n) is 3.64. The second kappa shape index (κ2) is 9.49. The maximum absolute atomic E-state index is 12.4. The molecule has 4 rings (SSSR count). The summed E-state index contributed by atoms with van der Waals surface area (Å²) in [4.78, 5) is 13.2. The fourth-order valence-corrected chi connectivity index (χ4v) is 4.77. The lowest BCUT2D eigenvalue weighted by molar-refractivity contribution is 0.126. The summed E-state index contributed by atoms with van der Waals surface area (Å²) in [6.07, 6.45) is 2.67. The molecule has 1 aromatic carbocycles. The molecule has 0 amide bonds. The molecule has 0 aliphatic carbocycles. The quantitative estimate of drug-likeness (QED) is 0.352. The van der Waals surface area contributed by atoms with Crippen LogP contribution in [0, 0.1) is 0 Å². The monoisotopic (exact) mass is 454 g/mol. The molecule has 0 aliphatic heterocycles. The number of hydrogen-bond donors (Lipinski definition) is 2. The molecule has 9 nitrogen and oxygen atoms in total. The van der Waals surface area contributed by atoms with Gasteiger partial charge in [-0.15, -0.1) is 0 Å². The number of pyridine rings is 2. The molecular formula is C22H26N6O3S. The van der Waals surface area contributed by atoms with E-state index in [4.69, 9.17) is 15.5 Å². The number of hydrogen-bond acceptors (Lipinski definition) is 7. The SMILES string of the molecule is CCOCc1nc2c(N)nc3ccccc3c2n1CCCCS(=O)(=O)Nc1ccccn1. The third-order valence-corrected chi connectivity index (χ3v) is 6.44. The molecule has 0 fully saturated rings. The summed E-state index contributed by atoms with van der Waals surface area (Å²) >= 11 is 0. The average Bonchev–Trinajstić information content (AvgIpc) is 3.15. The van der Waals surface area contributed by atoms with E-state index in [0.717, 1.165) is 22.2 Å². The molecule has 0 aliphatic rings. The van der Waals surface area contributed by atoms with E-state index in [1.54, 1.807) is 24.4 Å². The van der Waals surface area contributed by atoms with Gasteiger partial charge in [0.2, 0.25) is 10.0 Å². The molecule has 0 unspecified atom stereocenters. The van der Waals surface area contributed by atoms with Gasteiger partial charge in [-0.25, -0.2) is 23.4 Å². The van der Waals surface area contributed by atoms with Crippen molar-refractivity contribution in [2.24, 2.45) is 0 Å². The normalized spacial score (nSPS) is 11.9. The Hall–Kier alpha value is -3.24. The van der Waals surface area contributed by atoms with Crippen LogP contribution in [-0.4, -0.2) is 40.3 Å². The number of nitrogens with zero attached hydrogens (tertiary/aromatic N) is 4. The second-order valence-corrected chi connectivity index (χ2v) is 9.21. The molecule has 0 atom stereocenters. The predicted octanol–water partition coefficient (Wildman–Crippen LogP) is 3.32. The van der Waals surface area contributed by atoms with E-state index in [0.29, 0.717) is 49.8 Å². The summed E-state index contributed by atoms with van der Waals surface area (Å²) < 4.78 is 35.0. The van der Waals surface area contributed by atoms with Crippen LogP contribution in [-0.2, 0) is 27.9 Å². The number of rotatable bonds is 10. The average molecular weight is 455 g/mol. The van der Waals surface area contributed by atoms with Crippen molar-refractivity contribution < 1.29 is 13.2 Å². The van der Waals surface area contributed by atoms with E-state index in [2.05, 4.69) is 19.3 Å². The van der Waals surface area contributed by atoms with Crippen molar-refractivity contribution in [3.05, 3.63) is 54.5 Å². The number of sulfonamides is 1. The number of aromatic nitrogens is 4. The molecule has 32 heavy (non-hydrogen) atoms. The maximum Gasteiger partial charge on any atom is 0.233 e. The van der Waals surface area contributed by atoms with Gasteiger partial charge in [-0.2, -0.15) is 0 Å². The molecule has 3 N–H and O–H groups in total. The van der Waals surface area contributed by atoms with E-state index in [-0.39, 0.29) is 5.75 Å². The number of nitrogen functional groups attached to an aromatic ring is 1. The number of benzene rings is 1. The molecule has 3 heterocycles. The Kier molecular flexibility index (Phi) is 6.52. The molecule has 0 radical (unpaired) electrons. The smallest absolute Gasteiger partial charge is 0.233 e. The standard InChI is InChI=1S/C22H26N6O3S/c1-2-31-15-19-26-20-21(16-9-3-4-10-17(16)25-22(20)23)28(19)13-7-8-14-32(29,30)27-18-11-5-6-12-24-18/h3-6,9-12H,2,7-8,13-15H2,1H3,(H2,23,25)(H,24,27). The summed E-state index contributed by atoms with van der Waals surface area (Å²) in [5.41, 5.74) is 8.53. The minimum atomic E-state index is -3.48. The summed E-state index contributed by atoms with van der Waals surface area (Å²) in [6, 6.07) is 12.9. The zero-order chi connectivity index (χ0) is 22.6. The molecule has 4 aromatic rings. The minimum absolute atomic E-state index is 0.00143. The predicted molar refractivity (Wildman–Crippen MR) is 126 cm³/mol. The highest BCUT2D eigenvalue weighted by Crippen LogP contribution is 2.29. The highest BCUT2D eigenvalue weighted by Gasteiger charge is 2.18. The van der Waals surface area contributed by atoms with Crippen LogP contribution in [0.5, 0.6) is 0 Å². The summed E-state index contributed by atoms with van der Waals surface area (Å²) in [7, 11) is -3.48. The highest BCUT2D eigenvalue weighted by atomic mass is 32.2. The number of nitrogens with one attached hydrogen (secondary N) is 1. The Morgan fingerprint density at radius 2 is 1.91 bits per heavy atom. The highest BCUT2D eigenvalue weighted by molar-refractivity contribution is 7.92. The van der Waals surface area contributed by atoms with Gasteiger partial charge in [0.15, 0.2) is 5.82 Å². The minimum Gasteiger partial charge on any atom is -0.382 e. The largest absolute Gasteiger partial charge is 0.382 e. The van der Waals surface area contributed by atoms with E-state index < -0.39 is 10.0 Å². The van der Waals surface area contributed by atoms with Crippen LogP contribution < -0.4 is 10.5 Å². The number of anilines is 2. The molecule has 0 saturated carbocycles. The molecule has 0 saturated heterocycles. The van der Waals surface area contributed by atoms with Gasteiger partial charge in [0.05, 0.1) is 16.8 Å². The zero-order valence-electron chi connectivity index (χ0n) is 17.9. The van der Waals surface area contributed by atoms with Crippen LogP contribution in [0.15, 0.2) is 48.7 Å². The number of aryl methyl sites for hydroxylation is 1. The van der Waals surface area contributed by atoms with Crippen molar-refractivity contribution in [1.82, 2.24) is 19.5 Å². The van der Waals surface area contributed by atoms with E-state index in [1.165, 1.54) is 0 Å². The van der Waals surface area contributed by atoms with Crippen molar-refractivity contribution >= 4 is 43.6 Å². The van der Waals surface area contributed by atoms with Crippen LogP contribution in [0.4, 0.5) is 11.6 Å². The third kappa shape index (κ3) is 4.81. The Balaban J connectivity index is 1.55. The topological polar surface area (TPSA) is 125 Å². The van der Waals surface area contributed by atoms with Gasteiger partial charge in [-0.1, -0.05) is 24.3 Å². The first-order chi connectivity index (χ1) is 15.5. The molecule has 0 bridgehead atoms. The fraction of sp³-hybridized carbons (Fsp3) is 0.318. The van der Waals surface area contributed by atoms with E-state index in [1.807, 2.05) is 31.2 Å². The Morgan fingerprint density at radius 3 is 2.69 bits per heavy atom. The maximum atomic E-state index is 12.4. The molecule has 3 aromatic heterocycles. The lowest BCUT2D eigenvalue weighted by Gasteiger charge is -2.11. The van der Waals surface area contributed by atoms with Gasteiger partial charge in [0.25, 0.3) is 0 Å². The van der Waals surface area contributed by atoms with E-state index in [9.17, 15) is 8.42 Å². The van der Waals surface area contributed by atoms with Crippen LogP contribution >= 0.6 is 0 Å². The van der Waals surface area contributed by atoms with Crippen molar-refractivity contribution in [3.63, 3.8) is 0 Å². The third-order valence-electron chi connectivity index (χ3n) is 5.09. The number of ether oxygens (including phenoxy) is 1. The molecule has 168 valence electrons. The number of fused-ring (bicyclic) bond motifs is 3. The lowest BCUT2D eigenvalue weighted by atomic mass is 10.2. The molecular weight excluding hydrogens is 428 g/mol. The van der Waals surface area contributed by atoms with Gasteiger partial charge in [-0.05, 0) is 38.0 Å². The van der Waals surface area contributed by atoms with E-state index >= 15 is 0 Å². The van der Waals surface area contributed by atoms with Crippen molar-refractivity contribution in [2.75, 3.05) is 22.8 Å². The zero-order valence-corrected chi connectivity index (χ0v) is 18.7. The van der Waals surface area contributed by atoms with Crippen molar-refractivity contribution in [3.8, 4) is 0 Å². The van der Waals surface area contributed by atoms with Gasteiger partial charge in [-0.3, -0.25) is 4.72 Å². The number of unbranched alkanes of at least 4 members (excludes halogenated alkanes) is 1. The van der Waals surface area contributed by atoms with Gasteiger partial charge in [0, 0.05) is 24.7 Å². The number of imidazole rings is 1. The van der Waals surface area contributed by atoms with Gasteiger partial charge < -0.3 is 15.0 Å². The summed E-state index contributed by atoms with van der Waals surface area (Å²) in [5.74, 6) is 1.45. The van der Waals surface area contributed by atoms with Crippen LogP contribution in [0.25, 0.3) is 21.9 Å². The van der Waals surface area contributed by atoms with Crippen LogP contribution in [0.3, 0.4) is 0 Å². The first-order valence-corrected chi connectivity index (χ1v) is 12.2. The number of nitrogens with two attached hydrogens (primary N) is 1. The van der Waals surface area contributed by atoms with Crippen molar-refractivity contribution in [2.45, 2.75) is 32.9 Å². The Morgan fingerprint density at radius 1 is 1.09 bits per heavy atom.